The van der Waals surface area contributed by atoms with Gasteiger partial charge in [-0.15, -0.1) is 0 Å². The van der Waals surface area contributed by atoms with Gasteiger partial charge in [-0.05, 0) is 79.8 Å². The highest BCUT2D eigenvalue weighted by Gasteiger charge is 2.73. The van der Waals surface area contributed by atoms with Crippen LogP contribution in [0, 0.1) is 5.92 Å². The van der Waals surface area contributed by atoms with Crippen LogP contribution in [0.25, 0.3) is 10.9 Å². The number of para-hydroxylation sites is 1. The van der Waals surface area contributed by atoms with Crippen molar-refractivity contribution in [2.75, 3.05) is 19.6 Å². The third-order valence-corrected chi connectivity index (χ3v) is 12.2. The average molecular weight is 676 g/mol. The van der Waals surface area contributed by atoms with Crippen molar-refractivity contribution in [3.05, 3.63) is 94.7 Å². The van der Waals surface area contributed by atoms with Crippen LogP contribution in [-0.2, 0) is 41.0 Å². The monoisotopic (exact) mass is 675 g/mol. The summed E-state index contributed by atoms with van der Waals surface area (Å²) in [5.74, 6) is 1.27. The second-order valence-electron chi connectivity index (χ2n) is 15.2. The maximum absolute atomic E-state index is 13.6. The summed E-state index contributed by atoms with van der Waals surface area (Å²) < 4.78 is 15.9. The number of carbonyl (C=O) groups excluding carboxylic acids is 1. The van der Waals surface area contributed by atoms with E-state index < -0.39 is 23.1 Å². The van der Waals surface area contributed by atoms with Crippen molar-refractivity contribution in [3.8, 4) is 11.5 Å². The molecule has 50 heavy (non-hydrogen) atoms. The fourth-order valence-corrected chi connectivity index (χ4v) is 9.82. The number of carboxylic acids is 1. The number of benzene rings is 3. The van der Waals surface area contributed by atoms with Crippen LogP contribution in [0.15, 0.2) is 66.7 Å². The van der Waals surface area contributed by atoms with Gasteiger partial charge in [0.2, 0.25) is 5.91 Å². The third-order valence-electron chi connectivity index (χ3n) is 12.2. The third kappa shape index (κ3) is 4.95. The summed E-state index contributed by atoms with van der Waals surface area (Å²) in [5.41, 5.74) is 4.71. The van der Waals surface area contributed by atoms with Gasteiger partial charge in [-0.1, -0.05) is 61.0 Å². The molecule has 3 N–H and O–H groups in total. The number of rotatable bonds is 13. The first-order valence-electron chi connectivity index (χ1n) is 18.4. The number of aliphatic carboxylic acids is 1. The summed E-state index contributed by atoms with van der Waals surface area (Å²) in [6, 6.07) is 22.6. The quantitative estimate of drug-likeness (QED) is 0.156. The van der Waals surface area contributed by atoms with Gasteiger partial charge >= 0.3 is 5.97 Å². The van der Waals surface area contributed by atoms with E-state index in [0.717, 1.165) is 77.8 Å². The molecule has 9 rings (SSSR count). The van der Waals surface area contributed by atoms with Crippen LogP contribution in [0.2, 0.25) is 0 Å². The van der Waals surface area contributed by atoms with Gasteiger partial charge in [0.05, 0.1) is 16.7 Å². The number of carboxylic acid groups (broad SMARTS) is 1. The molecule has 9 heteroatoms. The van der Waals surface area contributed by atoms with Gasteiger partial charge in [0.1, 0.15) is 13.2 Å². The van der Waals surface area contributed by atoms with Crippen molar-refractivity contribution < 1.29 is 29.3 Å². The Bertz CT molecular complexity index is 1970. The first-order chi connectivity index (χ1) is 24.4. The van der Waals surface area contributed by atoms with Gasteiger partial charge < -0.3 is 29.6 Å². The molecule has 2 bridgehead atoms. The molecule has 1 saturated carbocycles. The SMILES string of the molecule is O=C(O)CCCCCNC(=O)Cn1c2c(c3ccccc31)C[C@@]1(O)C3Cc4ccc(OCc5ccccc5)c5c4C1(CCN3CC1CC1)C2O5. The first kappa shape index (κ1) is 31.6. The lowest BCUT2D eigenvalue weighted by atomic mass is 9.49. The molecule has 2 fully saturated rings. The summed E-state index contributed by atoms with van der Waals surface area (Å²) in [4.78, 5) is 27.0. The second-order valence-corrected chi connectivity index (χ2v) is 15.2. The number of unbranched alkanes of at least 4 members (excludes halogenated alkanes) is 2. The fourth-order valence-electron chi connectivity index (χ4n) is 9.82. The van der Waals surface area contributed by atoms with E-state index in [2.05, 4.69) is 51.2 Å². The summed E-state index contributed by atoms with van der Waals surface area (Å²) in [7, 11) is 0. The lowest BCUT2D eigenvalue weighted by Crippen LogP contribution is -2.74. The second kappa shape index (κ2) is 12.2. The average Bonchev–Trinajstić information content (AvgIpc) is 3.79. The Morgan fingerprint density at radius 2 is 1.82 bits per heavy atom. The van der Waals surface area contributed by atoms with Gasteiger partial charge in [0.15, 0.2) is 17.6 Å². The number of hydrogen-bond donors (Lipinski definition) is 3. The van der Waals surface area contributed by atoms with Crippen molar-refractivity contribution in [3.63, 3.8) is 0 Å². The first-order valence-corrected chi connectivity index (χ1v) is 18.4. The molecule has 3 aromatic carbocycles. The van der Waals surface area contributed by atoms with Gasteiger partial charge in [0.25, 0.3) is 0 Å². The Morgan fingerprint density at radius 1 is 1.00 bits per heavy atom. The van der Waals surface area contributed by atoms with Gasteiger partial charge in [-0.25, -0.2) is 0 Å². The molecular formula is C41H45N3O6. The number of aromatic nitrogens is 1. The van der Waals surface area contributed by atoms with E-state index >= 15 is 0 Å². The molecule has 2 aliphatic heterocycles. The van der Waals surface area contributed by atoms with E-state index in [1.165, 1.54) is 18.4 Å². The number of aliphatic hydroxyl groups is 1. The maximum Gasteiger partial charge on any atom is 0.303 e. The van der Waals surface area contributed by atoms with Crippen LogP contribution < -0.4 is 14.8 Å². The largest absolute Gasteiger partial charge is 0.485 e. The van der Waals surface area contributed by atoms with E-state index in [1.54, 1.807) is 0 Å². The highest BCUT2D eigenvalue weighted by atomic mass is 16.5. The standard InChI is InChI=1S/C41H45N3O6/c45-34(42-19-8-2-5-13-35(46)47)24-44-31-12-7-6-11-29(31)30-22-41(48)33-21-28-16-17-32(49-25-27-9-3-1-4-10-27)38-36(28)40(41,39(50-38)37(30)44)18-20-43(33)23-26-14-15-26/h1,3-4,6-7,9-12,16-17,26,33,39,48H,2,5,8,13-15,18-25H2,(H,42,45)(H,46,47)/t33?,39?,40?,41-/m1/s1. The molecule has 1 spiro atoms. The van der Waals surface area contributed by atoms with Crippen molar-refractivity contribution in [2.24, 2.45) is 5.92 Å². The Hall–Kier alpha value is -4.34. The minimum Gasteiger partial charge on any atom is -0.485 e. The highest BCUT2D eigenvalue weighted by Crippen LogP contribution is 2.69. The van der Waals surface area contributed by atoms with E-state index in [4.69, 9.17) is 14.6 Å². The van der Waals surface area contributed by atoms with Crippen LogP contribution in [0.3, 0.4) is 0 Å². The van der Waals surface area contributed by atoms with E-state index in [9.17, 15) is 14.7 Å². The highest BCUT2D eigenvalue weighted by molar-refractivity contribution is 5.89. The minimum atomic E-state index is -1.05. The zero-order chi connectivity index (χ0) is 34.0. The zero-order valence-corrected chi connectivity index (χ0v) is 28.4. The van der Waals surface area contributed by atoms with Crippen LogP contribution >= 0.6 is 0 Å². The molecular weight excluding hydrogens is 630 g/mol. The number of likely N-dealkylation sites (tertiary alicyclic amines) is 1. The van der Waals surface area contributed by atoms with Crippen LogP contribution in [0.4, 0.5) is 0 Å². The summed E-state index contributed by atoms with van der Waals surface area (Å²) in [5, 5.41) is 26.5. The topological polar surface area (TPSA) is 113 Å². The van der Waals surface area contributed by atoms with Gasteiger partial charge in [0, 0.05) is 48.4 Å². The predicted molar refractivity (Wildman–Crippen MR) is 188 cm³/mol. The molecule has 4 atom stereocenters. The van der Waals surface area contributed by atoms with E-state index in [-0.39, 0.29) is 24.9 Å². The number of piperidine rings is 1. The summed E-state index contributed by atoms with van der Waals surface area (Å²) >= 11 is 0. The molecule has 260 valence electrons. The van der Waals surface area contributed by atoms with E-state index in [1.807, 2.05) is 30.3 Å². The van der Waals surface area contributed by atoms with Crippen LogP contribution in [0.5, 0.6) is 11.5 Å². The van der Waals surface area contributed by atoms with Crippen LogP contribution in [0.1, 0.15) is 79.0 Å². The van der Waals surface area contributed by atoms with Crippen molar-refractivity contribution in [1.29, 1.82) is 0 Å². The Kier molecular flexibility index (Phi) is 7.69. The number of carbonyl (C=O) groups is 2. The lowest BCUT2D eigenvalue weighted by molar-refractivity contribution is -0.173. The smallest absolute Gasteiger partial charge is 0.303 e. The molecule has 9 nitrogen and oxygen atoms in total. The molecule has 3 aliphatic carbocycles. The van der Waals surface area contributed by atoms with Crippen LogP contribution in [-0.4, -0.2) is 62.8 Å². The number of amides is 1. The molecule has 3 heterocycles. The van der Waals surface area contributed by atoms with Gasteiger partial charge in [-0.3, -0.25) is 14.5 Å². The number of fused-ring (bicyclic) bond motifs is 4. The molecule has 4 aromatic rings. The number of hydrogen-bond acceptors (Lipinski definition) is 6. The zero-order valence-electron chi connectivity index (χ0n) is 28.4. The Labute approximate surface area is 292 Å². The molecule has 1 saturated heterocycles. The van der Waals surface area contributed by atoms with Crippen molar-refractivity contribution >= 4 is 22.8 Å². The molecule has 3 unspecified atom stereocenters. The molecule has 5 aliphatic rings. The molecule has 1 amide bonds. The minimum absolute atomic E-state index is 0.0304. The fraction of sp³-hybridized carbons (Fsp3) is 0.463. The number of nitrogens with zero attached hydrogens (tertiary/aromatic N) is 2. The summed E-state index contributed by atoms with van der Waals surface area (Å²) in [6.07, 6.45) is 6.32. The Morgan fingerprint density at radius 3 is 2.64 bits per heavy atom. The lowest BCUT2D eigenvalue weighted by Gasteiger charge is -2.63. The Balaban J connectivity index is 1.12. The molecule has 1 aromatic heterocycles. The molecule has 0 radical (unpaired) electrons. The maximum atomic E-state index is 13.6. The summed E-state index contributed by atoms with van der Waals surface area (Å²) in [6.45, 7) is 2.98. The van der Waals surface area contributed by atoms with E-state index in [0.29, 0.717) is 37.7 Å². The van der Waals surface area contributed by atoms with Crippen molar-refractivity contribution in [2.45, 2.75) is 94.1 Å². The van der Waals surface area contributed by atoms with Gasteiger partial charge in [-0.2, -0.15) is 0 Å². The number of ether oxygens (including phenoxy) is 2. The normalized spacial score (nSPS) is 25.9. The number of nitrogens with one attached hydrogen (secondary N) is 1. The van der Waals surface area contributed by atoms with Crippen molar-refractivity contribution in [1.82, 2.24) is 14.8 Å². The predicted octanol–water partition coefficient (Wildman–Crippen LogP) is 5.68.